The highest BCUT2D eigenvalue weighted by atomic mass is 79.9. The van der Waals surface area contributed by atoms with Crippen molar-refractivity contribution in [3.8, 4) is 5.75 Å². The van der Waals surface area contributed by atoms with Crippen LogP contribution in [-0.4, -0.2) is 17.0 Å². The number of fused-ring (bicyclic) bond motifs is 1. The van der Waals surface area contributed by atoms with Gasteiger partial charge in [0.25, 0.3) is 0 Å². The number of ether oxygens (including phenoxy) is 1. The summed E-state index contributed by atoms with van der Waals surface area (Å²) < 4.78 is 5.37. The van der Waals surface area contributed by atoms with E-state index in [1.165, 1.54) is 5.56 Å². The normalized spacial score (nSPS) is 16.5. The van der Waals surface area contributed by atoms with Crippen LogP contribution in [0.2, 0.25) is 0 Å². The molecule has 0 bridgehead atoms. The fourth-order valence-corrected chi connectivity index (χ4v) is 1.88. The van der Waals surface area contributed by atoms with Crippen LogP contribution in [0.15, 0.2) is 18.2 Å². The summed E-state index contributed by atoms with van der Waals surface area (Å²) >= 11 is 3.25. The van der Waals surface area contributed by atoms with Gasteiger partial charge in [-0.2, -0.15) is 0 Å². The fourth-order valence-electron chi connectivity index (χ4n) is 1.50. The van der Waals surface area contributed by atoms with E-state index in [0.29, 0.717) is 5.33 Å². The van der Waals surface area contributed by atoms with Gasteiger partial charge in [-0.1, -0.05) is 22.0 Å². The van der Waals surface area contributed by atoms with E-state index < -0.39 is 6.10 Å². The van der Waals surface area contributed by atoms with Gasteiger partial charge in [-0.15, -0.1) is 0 Å². The van der Waals surface area contributed by atoms with Crippen LogP contribution >= 0.6 is 15.9 Å². The number of halogens is 1. The van der Waals surface area contributed by atoms with Gasteiger partial charge in [0.05, 0.1) is 12.7 Å². The molecule has 0 fully saturated rings. The molecule has 1 aromatic rings. The molecule has 2 rings (SSSR count). The zero-order valence-electron chi connectivity index (χ0n) is 7.16. The smallest absolute Gasteiger partial charge is 0.122 e. The van der Waals surface area contributed by atoms with Crippen LogP contribution in [0.1, 0.15) is 17.2 Å². The Balaban J connectivity index is 2.30. The van der Waals surface area contributed by atoms with Crippen LogP contribution in [-0.2, 0) is 6.42 Å². The first-order chi connectivity index (χ1) is 6.31. The van der Waals surface area contributed by atoms with Gasteiger partial charge in [0.2, 0.25) is 0 Å². The zero-order chi connectivity index (χ0) is 9.26. The largest absolute Gasteiger partial charge is 0.493 e. The summed E-state index contributed by atoms with van der Waals surface area (Å²) in [7, 11) is 0. The number of alkyl halides is 1. The number of rotatable bonds is 2. The Labute approximate surface area is 85.7 Å². The molecule has 1 aliphatic heterocycles. The molecule has 1 atom stereocenters. The van der Waals surface area contributed by atoms with Crippen LogP contribution < -0.4 is 4.74 Å². The second-order valence-electron chi connectivity index (χ2n) is 3.14. The van der Waals surface area contributed by atoms with Crippen molar-refractivity contribution >= 4 is 15.9 Å². The van der Waals surface area contributed by atoms with Crippen molar-refractivity contribution in [3.05, 3.63) is 29.3 Å². The van der Waals surface area contributed by atoms with E-state index in [9.17, 15) is 5.11 Å². The summed E-state index contributed by atoms with van der Waals surface area (Å²) in [5, 5.41) is 10.1. The Morgan fingerprint density at radius 1 is 1.54 bits per heavy atom. The van der Waals surface area contributed by atoms with Crippen molar-refractivity contribution in [2.75, 3.05) is 11.9 Å². The molecule has 70 valence electrons. The Morgan fingerprint density at radius 3 is 3.15 bits per heavy atom. The molecule has 1 aliphatic rings. The molecule has 2 nitrogen and oxygen atoms in total. The Kier molecular flexibility index (Phi) is 2.56. The minimum absolute atomic E-state index is 0.411. The predicted molar refractivity (Wildman–Crippen MR) is 54.4 cm³/mol. The van der Waals surface area contributed by atoms with E-state index in [1.807, 2.05) is 18.2 Å². The van der Waals surface area contributed by atoms with Gasteiger partial charge in [-0.3, -0.25) is 0 Å². The average molecular weight is 243 g/mol. The molecular formula is C10H11BrO2. The lowest BCUT2D eigenvalue weighted by atomic mass is 10.1. The molecule has 1 aromatic carbocycles. The van der Waals surface area contributed by atoms with Gasteiger partial charge in [0, 0.05) is 11.8 Å². The molecule has 0 amide bonds. The lowest BCUT2D eigenvalue weighted by Gasteiger charge is -2.08. The van der Waals surface area contributed by atoms with Crippen LogP contribution in [0.25, 0.3) is 0 Å². The van der Waals surface area contributed by atoms with Crippen LogP contribution in [0.3, 0.4) is 0 Å². The number of hydrogen-bond acceptors (Lipinski definition) is 2. The van der Waals surface area contributed by atoms with Gasteiger partial charge >= 0.3 is 0 Å². The molecule has 0 saturated carbocycles. The molecule has 0 aromatic heterocycles. The first-order valence-corrected chi connectivity index (χ1v) is 5.43. The summed E-state index contributed by atoms with van der Waals surface area (Å²) in [6.07, 6.45) is 0.545. The molecule has 0 spiro atoms. The number of aliphatic hydroxyl groups is 1. The molecule has 0 saturated heterocycles. The predicted octanol–water partition coefficient (Wildman–Crippen LogP) is 2.05. The standard InChI is InChI=1S/C10H11BrO2/c11-6-9(12)7-1-2-10-8(5-7)3-4-13-10/h1-2,5,9,12H,3-4,6H2. The SMILES string of the molecule is OC(CBr)c1ccc2c(c1)CCO2. The van der Waals surface area contributed by atoms with Gasteiger partial charge < -0.3 is 9.84 Å². The topological polar surface area (TPSA) is 29.5 Å². The molecule has 1 N–H and O–H groups in total. The summed E-state index contributed by atoms with van der Waals surface area (Å²) in [6, 6.07) is 5.87. The Bertz CT molecular complexity index is 312. The first-order valence-electron chi connectivity index (χ1n) is 4.31. The summed E-state index contributed by atoms with van der Waals surface area (Å²) in [6.45, 7) is 0.767. The molecule has 0 radical (unpaired) electrons. The van der Waals surface area contributed by atoms with Crippen molar-refractivity contribution in [2.45, 2.75) is 12.5 Å². The third-order valence-corrected chi connectivity index (χ3v) is 2.86. The Hall–Kier alpha value is -0.540. The van der Waals surface area contributed by atoms with E-state index >= 15 is 0 Å². The molecule has 1 unspecified atom stereocenters. The van der Waals surface area contributed by atoms with Crippen LogP contribution in [0.4, 0.5) is 0 Å². The highest BCUT2D eigenvalue weighted by molar-refractivity contribution is 9.09. The van der Waals surface area contributed by atoms with Gasteiger partial charge in [0.15, 0.2) is 0 Å². The maximum atomic E-state index is 9.57. The molecule has 1 heterocycles. The fraction of sp³-hybridized carbons (Fsp3) is 0.400. The van der Waals surface area contributed by atoms with Crippen molar-refractivity contribution < 1.29 is 9.84 Å². The molecular weight excluding hydrogens is 232 g/mol. The van der Waals surface area contributed by atoms with Gasteiger partial charge in [-0.05, 0) is 23.3 Å². The third-order valence-electron chi connectivity index (χ3n) is 2.24. The minimum Gasteiger partial charge on any atom is -0.493 e. The molecule has 0 aliphatic carbocycles. The van der Waals surface area contributed by atoms with E-state index in [4.69, 9.17) is 4.74 Å². The first kappa shape index (κ1) is 9.03. The maximum Gasteiger partial charge on any atom is 0.122 e. The number of benzene rings is 1. The summed E-state index contributed by atoms with van der Waals surface area (Å²) in [4.78, 5) is 0. The lowest BCUT2D eigenvalue weighted by molar-refractivity contribution is 0.205. The zero-order valence-corrected chi connectivity index (χ0v) is 8.75. The lowest BCUT2D eigenvalue weighted by Crippen LogP contribution is -1.98. The molecule has 13 heavy (non-hydrogen) atoms. The minimum atomic E-state index is -0.411. The Morgan fingerprint density at radius 2 is 2.38 bits per heavy atom. The van der Waals surface area contributed by atoms with Crippen molar-refractivity contribution in [2.24, 2.45) is 0 Å². The van der Waals surface area contributed by atoms with Gasteiger partial charge in [0.1, 0.15) is 5.75 Å². The second kappa shape index (κ2) is 3.68. The molecule has 3 heteroatoms. The number of aliphatic hydroxyl groups excluding tert-OH is 1. The second-order valence-corrected chi connectivity index (χ2v) is 3.78. The van der Waals surface area contributed by atoms with Crippen molar-refractivity contribution in [3.63, 3.8) is 0 Å². The quantitative estimate of drug-likeness (QED) is 0.805. The monoisotopic (exact) mass is 242 g/mol. The van der Waals surface area contributed by atoms with E-state index in [-0.39, 0.29) is 0 Å². The maximum absolute atomic E-state index is 9.57. The van der Waals surface area contributed by atoms with Gasteiger partial charge in [-0.25, -0.2) is 0 Å². The van der Waals surface area contributed by atoms with Crippen LogP contribution in [0, 0.1) is 0 Å². The highest BCUT2D eigenvalue weighted by Gasteiger charge is 2.14. The highest BCUT2D eigenvalue weighted by Crippen LogP contribution is 2.28. The van der Waals surface area contributed by atoms with E-state index in [0.717, 1.165) is 24.3 Å². The third kappa shape index (κ3) is 1.71. The average Bonchev–Trinajstić information content (AvgIpc) is 2.63. The number of hydrogen-bond donors (Lipinski definition) is 1. The summed E-state index contributed by atoms with van der Waals surface area (Å²) in [5.41, 5.74) is 2.17. The van der Waals surface area contributed by atoms with E-state index in [2.05, 4.69) is 15.9 Å². The van der Waals surface area contributed by atoms with Crippen molar-refractivity contribution in [1.82, 2.24) is 0 Å². The van der Waals surface area contributed by atoms with Crippen molar-refractivity contribution in [1.29, 1.82) is 0 Å². The van der Waals surface area contributed by atoms with Crippen LogP contribution in [0.5, 0.6) is 5.75 Å². The van der Waals surface area contributed by atoms with E-state index in [1.54, 1.807) is 0 Å². The summed E-state index contributed by atoms with van der Waals surface area (Å²) in [5.74, 6) is 0.963.